The third kappa shape index (κ3) is 2.20. The van der Waals surface area contributed by atoms with Crippen molar-refractivity contribution < 1.29 is 4.74 Å². The highest BCUT2D eigenvalue weighted by Gasteiger charge is 2.51. The molecule has 5 heteroatoms. The third-order valence-corrected chi connectivity index (χ3v) is 6.98. The van der Waals surface area contributed by atoms with Crippen molar-refractivity contribution in [2.75, 3.05) is 18.6 Å². The maximum atomic E-state index is 5.90. The van der Waals surface area contributed by atoms with Crippen molar-refractivity contribution >= 4 is 27.4 Å². The summed E-state index contributed by atoms with van der Waals surface area (Å²) in [6.07, 6.45) is 6.82. The van der Waals surface area contributed by atoms with Crippen LogP contribution < -0.4 is 4.90 Å². The van der Waals surface area contributed by atoms with Crippen LogP contribution in [0.25, 0.3) is 10.2 Å². The molecule has 2 unspecified atom stereocenters. The van der Waals surface area contributed by atoms with Gasteiger partial charge in [-0.05, 0) is 38.2 Å². The first-order valence-electron chi connectivity index (χ1n) is 8.63. The van der Waals surface area contributed by atoms with Crippen LogP contribution in [0.15, 0.2) is 6.33 Å². The highest BCUT2D eigenvalue weighted by molar-refractivity contribution is 7.19. The number of hydrogen-bond donors (Lipinski definition) is 0. The second kappa shape index (κ2) is 5.42. The molecule has 0 aliphatic heterocycles. The van der Waals surface area contributed by atoms with Crippen molar-refractivity contribution in [3.63, 3.8) is 0 Å². The Labute approximate surface area is 141 Å². The smallest absolute Gasteiger partial charge is 0.141 e. The number of rotatable bonds is 4. The van der Waals surface area contributed by atoms with Crippen LogP contribution in [0.2, 0.25) is 0 Å². The summed E-state index contributed by atoms with van der Waals surface area (Å²) in [7, 11) is 2.19. The molecule has 2 atom stereocenters. The molecular formula is C18H25N3OS. The number of aryl methyl sites for hydroxylation is 2. The van der Waals surface area contributed by atoms with Crippen molar-refractivity contribution in [1.29, 1.82) is 0 Å². The second-order valence-corrected chi connectivity index (χ2v) is 8.45. The van der Waals surface area contributed by atoms with Gasteiger partial charge < -0.3 is 9.64 Å². The van der Waals surface area contributed by atoms with Gasteiger partial charge in [-0.1, -0.05) is 13.8 Å². The van der Waals surface area contributed by atoms with Gasteiger partial charge in [0, 0.05) is 30.0 Å². The van der Waals surface area contributed by atoms with Gasteiger partial charge in [-0.15, -0.1) is 11.3 Å². The van der Waals surface area contributed by atoms with E-state index in [1.165, 1.54) is 35.1 Å². The highest BCUT2D eigenvalue weighted by Crippen LogP contribution is 2.48. The lowest BCUT2D eigenvalue weighted by atomic mass is 9.64. The number of hydrogen-bond acceptors (Lipinski definition) is 5. The van der Waals surface area contributed by atoms with E-state index in [9.17, 15) is 0 Å². The molecule has 4 nitrogen and oxygen atoms in total. The molecule has 2 aliphatic carbocycles. The SMILES string of the molecule is CCOC1CC(N(C)c2ncnc3sc4c(c23)CCC4)C1(C)C. The molecule has 1 fully saturated rings. The first-order chi connectivity index (χ1) is 11.0. The van der Waals surface area contributed by atoms with E-state index in [0.29, 0.717) is 12.1 Å². The minimum atomic E-state index is 0.154. The average Bonchev–Trinajstić information content (AvgIpc) is 3.10. The molecule has 0 amide bonds. The lowest BCUT2D eigenvalue weighted by Crippen LogP contribution is -2.61. The Morgan fingerprint density at radius 3 is 2.91 bits per heavy atom. The average molecular weight is 331 g/mol. The van der Waals surface area contributed by atoms with Gasteiger partial charge >= 0.3 is 0 Å². The predicted octanol–water partition coefficient (Wildman–Crippen LogP) is 3.82. The van der Waals surface area contributed by atoms with Crippen molar-refractivity contribution in [2.24, 2.45) is 5.41 Å². The van der Waals surface area contributed by atoms with Gasteiger partial charge in [-0.2, -0.15) is 0 Å². The maximum Gasteiger partial charge on any atom is 0.141 e. The molecule has 0 radical (unpaired) electrons. The van der Waals surface area contributed by atoms with Gasteiger partial charge in [0.15, 0.2) is 0 Å². The van der Waals surface area contributed by atoms with Crippen molar-refractivity contribution in [1.82, 2.24) is 9.97 Å². The third-order valence-electron chi connectivity index (χ3n) is 5.78. The lowest BCUT2D eigenvalue weighted by Gasteiger charge is -2.55. The van der Waals surface area contributed by atoms with Crippen LogP contribution in [-0.2, 0) is 17.6 Å². The summed E-state index contributed by atoms with van der Waals surface area (Å²) in [6, 6.07) is 0.467. The number of anilines is 1. The molecule has 124 valence electrons. The van der Waals surface area contributed by atoms with Gasteiger partial charge in [-0.3, -0.25) is 0 Å². The van der Waals surface area contributed by atoms with Crippen LogP contribution in [0, 0.1) is 5.41 Å². The van der Waals surface area contributed by atoms with Crippen LogP contribution in [0.3, 0.4) is 0 Å². The van der Waals surface area contributed by atoms with E-state index in [1.54, 1.807) is 6.33 Å². The zero-order valence-electron chi connectivity index (χ0n) is 14.4. The minimum Gasteiger partial charge on any atom is -0.378 e. The number of thiophene rings is 1. The molecule has 0 spiro atoms. The molecule has 23 heavy (non-hydrogen) atoms. The summed E-state index contributed by atoms with van der Waals surface area (Å²) < 4.78 is 5.90. The van der Waals surface area contributed by atoms with Crippen molar-refractivity contribution in [2.45, 2.75) is 58.6 Å². The van der Waals surface area contributed by atoms with E-state index in [-0.39, 0.29) is 5.41 Å². The normalized spacial score (nSPS) is 25.4. The Morgan fingerprint density at radius 2 is 2.17 bits per heavy atom. The van der Waals surface area contributed by atoms with Gasteiger partial charge in [0.2, 0.25) is 0 Å². The molecule has 0 saturated heterocycles. The van der Waals surface area contributed by atoms with Gasteiger partial charge in [-0.25, -0.2) is 9.97 Å². The molecule has 2 heterocycles. The Kier molecular flexibility index (Phi) is 3.61. The summed E-state index contributed by atoms with van der Waals surface area (Å²) in [5, 5.41) is 1.31. The van der Waals surface area contributed by atoms with Crippen molar-refractivity contribution in [3.8, 4) is 0 Å². The maximum absolute atomic E-state index is 5.90. The molecule has 2 aromatic rings. The second-order valence-electron chi connectivity index (χ2n) is 7.36. The number of aromatic nitrogens is 2. The fraction of sp³-hybridized carbons (Fsp3) is 0.667. The zero-order chi connectivity index (χ0) is 16.2. The molecule has 2 aliphatic rings. The molecule has 2 aromatic heterocycles. The van der Waals surface area contributed by atoms with Crippen LogP contribution in [0.4, 0.5) is 5.82 Å². The van der Waals surface area contributed by atoms with Gasteiger partial charge in [0.25, 0.3) is 0 Å². The Hall–Kier alpha value is -1.20. The fourth-order valence-electron chi connectivity index (χ4n) is 4.33. The number of fused-ring (bicyclic) bond motifs is 3. The van der Waals surface area contributed by atoms with Crippen LogP contribution in [0.5, 0.6) is 0 Å². The molecule has 1 saturated carbocycles. The Bertz CT molecular complexity index is 739. The number of nitrogens with zero attached hydrogens (tertiary/aromatic N) is 3. The Balaban J connectivity index is 1.70. The Morgan fingerprint density at radius 1 is 1.35 bits per heavy atom. The van der Waals surface area contributed by atoms with E-state index in [4.69, 9.17) is 4.74 Å². The molecular weight excluding hydrogens is 306 g/mol. The molecule has 4 rings (SSSR count). The summed E-state index contributed by atoms with van der Waals surface area (Å²) in [5.41, 5.74) is 1.66. The van der Waals surface area contributed by atoms with Crippen molar-refractivity contribution in [3.05, 3.63) is 16.8 Å². The predicted molar refractivity (Wildman–Crippen MR) is 95.4 cm³/mol. The van der Waals surface area contributed by atoms with Gasteiger partial charge in [0.05, 0.1) is 11.5 Å². The van der Waals surface area contributed by atoms with Gasteiger partial charge in [0.1, 0.15) is 17.0 Å². The lowest BCUT2D eigenvalue weighted by molar-refractivity contribution is -0.104. The molecule has 0 N–H and O–H groups in total. The standard InChI is InChI=1S/C18H25N3OS/c1-5-22-14-9-13(18(14,2)3)21(4)16-15-11-7-6-8-12(11)23-17(15)20-10-19-16/h10,13-14H,5-9H2,1-4H3. The first-order valence-corrected chi connectivity index (χ1v) is 9.45. The summed E-state index contributed by atoms with van der Waals surface area (Å²) in [4.78, 5) is 14.3. The quantitative estimate of drug-likeness (QED) is 0.854. The van der Waals surface area contributed by atoms with E-state index in [2.05, 4.69) is 42.7 Å². The van der Waals surface area contributed by atoms with E-state index < -0.39 is 0 Å². The van der Waals surface area contributed by atoms with Crippen LogP contribution in [0.1, 0.15) is 44.1 Å². The van der Waals surface area contributed by atoms with E-state index in [1.807, 2.05) is 11.3 Å². The molecule has 0 bridgehead atoms. The summed E-state index contributed by atoms with van der Waals surface area (Å²) in [5.74, 6) is 1.11. The first kappa shape index (κ1) is 15.3. The fourth-order valence-corrected chi connectivity index (χ4v) is 5.56. The van der Waals surface area contributed by atoms with Crippen LogP contribution in [-0.4, -0.2) is 35.8 Å². The van der Waals surface area contributed by atoms with Crippen LogP contribution >= 0.6 is 11.3 Å². The minimum absolute atomic E-state index is 0.154. The van der Waals surface area contributed by atoms with E-state index in [0.717, 1.165) is 23.7 Å². The highest BCUT2D eigenvalue weighted by atomic mass is 32.1. The monoisotopic (exact) mass is 331 g/mol. The van der Waals surface area contributed by atoms with E-state index >= 15 is 0 Å². The summed E-state index contributed by atoms with van der Waals surface area (Å²) in [6.45, 7) is 7.50. The number of ether oxygens (including phenoxy) is 1. The topological polar surface area (TPSA) is 38.2 Å². The zero-order valence-corrected chi connectivity index (χ0v) is 15.2. The molecule has 0 aromatic carbocycles. The largest absolute Gasteiger partial charge is 0.378 e. The summed E-state index contributed by atoms with van der Waals surface area (Å²) >= 11 is 1.86.